The van der Waals surface area contributed by atoms with Crippen LogP contribution in [-0.2, 0) is 13.0 Å². The van der Waals surface area contributed by atoms with Gasteiger partial charge in [-0.1, -0.05) is 43.1 Å². The Morgan fingerprint density at radius 3 is 2.58 bits per heavy atom. The van der Waals surface area contributed by atoms with Crippen LogP contribution < -0.4 is 10.6 Å². The number of benzene rings is 2. The number of amides is 2. The molecule has 0 radical (unpaired) electrons. The van der Waals surface area contributed by atoms with E-state index in [9.17, 15) is 9.18 Å². The van der Waals surface area contributed by atoms with E-state index in [4.69, 9.17) is 11.6 Å². The Morgan fingerprint density at radius 2 is 1.92 bits per heavy atom. The molecule has 2 rings (SSSR count). The van der Waals surface area contributed by atoms with Crippen LogP contribution in [0.3, 0.4) is 0 Å². The summed E-state index contributed by atoms with van der Waals surface area (Å²) in [4.78, 5) is 12.0. The van der Waals surface area contributed by atoms with Crippen molar-refractivity contribution in [1.29, 1.82) is 0 Å². The molecule has 3 nitrogen and oxygen atoms in total. The first-order chi connectivity index (χ1) is 11.5. The monoisotopic (exact) mass is 348 g/mol. The van der Waals surface area contributed by atoms with Crippen LogP contribution in [-0.4, -0.2) is 6.03 Å². The second-order valence-electron chi connectivity index (χ2n) is 5.81. The molecule has 2 amide bonds. The van der Waals surface area contributed by atoms with Gasteiger partial charge in [-0.15, -0.1) is 0 Å². The summed E-state index contributed by atoms with van der Waals surface area (Å²) in [6, 6.07) is 10.1. The summed E-state index contributed by atoms with van der Waals surface area (Å²) in [6.07, 6.45) is 3.37. The quantitative estimate of drug-likeness (QED) is 0.715. The van der Waals surface area contributed by atoms with E-state index in [1.54, 1.807) is 6.07 Å². The summed E-state index contributed by atoms with van der Waals surface area (Å²) in [5.74, 6) is -0.469. The Kier molecular flexibility index (Phi) is 6.62. The lowest BCUT2D eigenvalue weighted by molar-refractivity contribution is 0.251. The molecule has 0 fully saturated rings. The maximum Gasteiger partial charge on any atom is 0.319 e. The summed E-state index contributed by atoms with van der Waals surface area (Å²) in [5, 5.41) is 5.62. The Hall–Kier alpha value is -2.07. The van der Waals surface area contributed by atoms with Crippen LogP contribution in [0, 0.1) is 12.7 Å². The number of hydrogen-bond acceptors (Lipinski definition) is 1. The minimum atomic E-state index is -0.469. The summed E-state index contributed by atoms with van der Waals surface area (Å²) in [7, 11) is 0. The van der Waals surface area contributed by atoms with E-state index in [0.29, 0.717) is 0 Å². The van der Waals surface area contributed by atoms with E-state index >= 15 is 0 Å². The van der Waals surface area contributed by atoms with Crippen molar-refractivity contribution < 1.29 is 9.18 Å². The normalized spacial score (nSPS) is 10.5. The van der Waals surface area contributed by atoms with Gasteiger partial charge in [0.2, 0.25) is 0 Å². The molecule has 0 heterocycles. The van der Waals surface area contributed by atoms with Crippen molar-refractivity contribution in [3.63, 3.8) is 0 Å². The lowest BCUT2D eigenvalue weighted by Gasteiger charge is -2.11. The molecular formula is C19H22ClFN2O. The molecule has 2 aromatic carbocycles. The second kappa shape index (κ2) is 8.69. The molecule has 0 aromatic heterocycles. The molecule has 2 N–H and O–H groups in total. The molecule has 24 heavy (non-hydrogen) atoms. The standard InChI is InChI=1S/C19H22ClFN2O/c1-3-4-5-14-7-9-18(13(2)10-14)23-19(24)22-12-15-6-8-17(21)16(20)11-15/h6-11H,3-5,12H2,1-2H3,(H2,22,23,24). The Labute approximate surface area is 147 Å². The minimum absolute atomic E-state index is 0.0493. The first-order valence-corrected chi connectivity index (χ1v) is 8.45. The van der Waals surface area contributed by atoms with Crippen LogP contribution in [0.25, 0.3) is 0 Å². The lowest BCUT2D eigenvalue weighted by Crippen LogP contribution is -2.28. The first-order valence-electron chi connectivity index (χ1n) is 8.08. The number of anilines is 1. The number of carbonyl (C=O) groups is 1. The molecule has 128 valence electrons. The summed E-state index contributed by atoms with van der Waals surface area (Å²) < 4.78 is 13.1. The van der Waals surface area contributed by atoms with Crippen molar-refractivity contribution in [2.45, 2.75) is 39.7 Å². The molecule has 0 aliphatic carbocycles. The fourth-order valence-electron chi connectivity index (χ4n) is 2.40. The van der Waals surface area contributed by atoms with Gasteiger partial charge in [-0.25, -0.2) is 9.18 Å². The fraction of sp³-hybridized carbons (Fsp3) is 0.316. The van der Waals surface area contributed by atoms with E-state index in [1.165, 1.54) is 17.7 Å². The van der Waals surface area contributed by atoms with Crippen LogP contribution in [0.15, 0.2) is 36.4 Å². The van der Waals surface area contributed by atoms with Crippen molar-refractivity contribution in [2.24, 2.45) is 0 Å². The average molecular weight is 349 g/mol. The number of unbranched alkanes of at least 4 members (excludes halogenated alkanes) is 1. The van der Waals surface area contributed by atoms with Gasteiger partial charge in [0.25, 0.3) is 0 Å². The van der Waals surface area contributed by atoms with Crippen LogP contribution in [0.5, 0.6) is 0 Å². The molecule has 0 saturated heterocycles. The van der Waals surface area contributed by atoms with Crippen LogP contribution >= 0.6 is 11.6 Å². The molecule has 0 aliphatic heterocycles. The van der Waals surface area contributed by atoms with Gasteiger partial charge in [0.1, 0.15) is 5.82 Å². The minimum Gasteiger partial charge on any atom is -0.334 e. The van der Waals surface area contributed by atoms with Crippen molar-refractivity contribution in [2.75, 3.05) is 5.32 Å². The molecule has 2 aromatic rings. The maximum atomic E-state index is 13.1. The third-order valence-electron chi connectivity index (χ3n) is 3.80. The molecule has 0 spiro atoms. The van der Waals surface area contributed by atoms with Gasteiger partial charge in [-0.3, -0.25) is 0 Å². The highest BCUT2D eigenvalue weighted by atomic mass is 35.5. The van der Waals surface area contributed by atoms with Gasteiger partial charge in [0, 0.05) is 12.2 Å². The van der Waals surface area contributed by atoms with Gasteiger partial charge in [0.05, 0.1) is 5.02 Å². The van der Waals surface area contributed by atoms with Gasteiger partial charge >= 0.3 is 6.03 Å². The van der Waals surface area contributed by atoms with E-state index in [2.05, 4.69) is 23.6 Å². The predicted molar refractivity (Wildman–Crippen MR) is 97.1 cm³/mol. The molecule has 0 atom stereocenters. The SMILES string of the molecule is CCCCc1ccc(NC(=O)NCc2ccc(F)c(Cl)c2)c(C)c1. The average Bonchev–Trinajstić information content (AvgIpc) is 2.56. The Morgan fingerprint density at radius 1 is 1.17 bits per heavy atom. The zero-order valence-corrected chi connectivity index (χ0v) is 14.7. The summed E-state index contributed by atoms with van der Waals surface area (Å²) in [5.41, 5.74) is 3.83. The van der Waals surface area contributed by atoms with E-state index in [0.717, 1.165) is 36.1 Å². The van der Waals surface area contributed by atoms with Crippen LogP contribution in [0.2, 0.25) is 5.02 Å². The molecule has 0 bridgehead atoms. The number of hydrogen-bond donors (Lipinski definition) is 2. The lowest BCUT2D eigenvalue weighted by atomic mass is 10.0. The molecular weight excluding hydrogens is 327 g/mol. The van der Waals surface area contributed by atoms with Crippen molar-refractivity contribution in [3.05, 3.63) is 63.9 Å². The smallest absolute Gasteiger partial charge is 0.319 e. The van der Waals surface area contributed by atoms with E-state index < -0.39 is 5.82 Å². The molecule has 0 saturated carbocycles. The zero-order chi connectivity index (χ0) is 17.5. The molecule has 0 aliphatic rings. The predicted octanol–water partition coefficient (Wildman–Crippen LogP) is 5.45. The van der Waals surface area contributed by atoms with Crippen LogP contribution in [0.4, 0.5) is 14.9 Å². The summed E-state index contributed by atoms with van der Waals surface area (Å²) in [6.45, 7) is 4.42. The number of rotatable bonds is 6. The number of carbonyl (C=O) groups excluding carboxylic acids is 1. The number of aryl methyl sites for hydroxylation is 2. The second-order valence-corrected chi connectivity index (χ2v) is 6.22. The Balaban J connectivity index is 1.90. The number of urea groups is 1. The van der Waals surface area contributed by atoms with Crippen molar-refractivity contribution in [1.82, 2.24) is 5.32 Å². The highest BCUT2D eigenvalue weighted by Gasteiger charge is 2.06. The Bertz CT molecular complexity index is 719. The third-order valence-corrected chi connectivity index (χ3v) is 4.08. The van der Waals surface area contributed by atoms with E-state index in [1.807, 2.05) is 19.1 Å². The van der Waals surface area contributed by atoms with Gasteiger partial charge < -0.3 is 10.6 Å². The van der Waals surface area contributed by atoms with E-state index in [-0.39, 0.29) is 17.6 Å². The molecule has 5 heteroatoms. The molecule has 0 unspecified atom stereocenters. The van der Waals surface area contributed by atoms with Gasteiger partial charge in [-0.2, -0.15) is 0 Å². The highest BCUT2D eigenvalue weighted by molar-refractivity contribution is 6.30. The van der Waals surface area contributed by atoms with Crippen LogP contribution in [0.1, 0.15) is 36.5 Å². The fourth-order valence-corrected chi connectivity index (χ4v) is 2.60. The first kappa shape index (κ1) is 18.3. The zero-order valence-electron chi connectivity index (χ0n) is 14.0. The number of halogens is 2. The van der Waals surface area contributed by atoms with Gasteiger partial charge in [0.15, 0.2) is 0 Å². The highest BCUT2D eigenvalue weighted by Crippen LogP contribution is 2.18. The van der Waals surface area contributed by atoms with Gasteiger partial charge in [-0.05, 0) is 54.7 Å². The number of nitrogens with one attached hydrogen (secondary N) is 2. The largest absolute Gasteiger partial charge is 0.334 e. The topological polar surface area (TPSA) is 41.1 Å². The maximum absolute atomic E-state index is 13.1. The van der Waals surface area contributed by atoms with Crippen molar-refractivity contribution in [3.8, 4) is 0 Å². The summed E-state index contributed by atoms with van der Waals surface area (Å²) >= 11 is 5.73. The van der Waals surface area contributed by atoms with Crippen molar-refractivity contribution >= 4 is 23.3 Å². The third kappa shape index (κ3) is 5.24.